The Morgan fingerprint density at radius 3 is 2.30 bits per heavy atom. The molecule has 0 saturated carbocycles. The van der Waals surface area contributed by atoms with Crippen LogP contribution in [0.4, 0.5) is 0 Å². The van der Waals surface area contributed by atoms with Gasteiger partial charge in [-0.25, -0.2) is 0 Å². The molecule has 0 atom stereocenters. The number of hydrogen-bond acceptors (Lipinski definition) is 3. The first-order chi connectivity index (χ1) is 9.26. The van der Waals surface area contributed by atoms with Gasteiger partial charge in [0.05, 0.1) is 0 Å². The van der Waals surface area contributed by atoms with Gasteiger partial charge in [0.25, 0.3) is 5.56 Å². The summed E-state index contributed by atoms with van der Waals surface area (Å²) in [5.74, 6) is 0.299. The van der Waals surface area contributed by atoms with Crippen molar-refractivity contribution >= 4 is 0 Å². The van der Waals surface area contributed by atoms with Gasteiger partial charge in [-0.2, -0.15) is 4.98 Å². The van der Waals surface area contributed by atoms with E-state index < -0.39 is 0 Å². The van der Waals surface area contributed by atoms with Crippen molar-refractivity contribution in [3.05, 3.63) is 46.0 Å². The van der Waals surface area contributed by atoms with Crippen LogP contribution in [-0.2, 0) is 6.42 Å². The quantitative estimate of drug-likeness (QED) is 0.883. The molecule has 0 unspecified atom stereocenters. The fraction of sp³-hybridized carbons (Fsp3) is 0.375. The molecule has 0 radical (unpaired) electrons. The van der Waals surface area contributed by atoms with Crippen LogP contribution >= 0.6 is 0 Å². The van der Waals surface area contributed by atoms with Crippen molar-refractivity contribution in [2.24, 2.45) is 5.41 Å². The summed E-state index contributed by atoms with van der Waals surface area (Å²) in [6.07, 6.45) is 0.601. The molecule has 2 N–H and O–H groups in total. The van der Waals surface area contributed by atoms with Crippen molar-refractivity contribution in [2.45, 2.75) is 34.1 Å². The van der Waals surface area contributed by atoms with E-state index in [0.717, 1.165) is 5.56 Å². The van der Waals surface area contributed by atoms with Gasteiger partial charge in [-0.05, 0) is 17.9 Å². The minimum atomic E-state index is -0.305. The number of aryl methyl sites for hydroxylation is 1. The highest BCUT2D eigenvalue weighted by Gasteiger charge is 2.17. The highest BCUT2D eigenvalue weighted by molar-refractivity contribution is 5.67. The van der Waals surface area contributed by atoms with E-state index in [1.165, 1.54) is 0 Å². The number of aromatic amines is 1. The van der Waals surface area contributed by atoms with Crippen LogP contribution in [0.5, 0.6) is 5.88 Å². The third kappa shape index (κ3) is 3.26. The van der Waals surface area contributed by atoms with Gasteiger partial charge in [0.2, 0.25) is 5.88 Å². The number of hydrogen-bond donors (Lipinski definition) is 2. The number of nitrogens with one attached hydrogen (secondary N) is 1. The van der Waals surface area contributed by atoms with E-state index in [0.29, 0.717) is 17.8 Å². The van der Waals surface area contributed by atoms with E-state index in [-0.39, 0.29) is 22.4 Å². The lowest BCUT2D eigenvalue weighted by Gasteiger charge is -2.17. The second-order valence-corrected chi connectivity index (χ2v) is 6.31. The SMILES string of the molecule is Cc1ccc(-c2c(O)nc(CC(C)(C)C)[nH]c2=O)cc1. The van der Waals surface area contributed by atoms with Gasteiger partial charge in [0, 0.05) is 6.42 Å². The molecular formula is C16H20N2O2. The maximum Gasteiger partial charge on any atom is 0.262 e. The molecule has 1 heterocycles. The molecule has 2 rings (SSSR count). The molecule has 1 aromatic carbocycles. The number of aromatic hydroxyl groups is 1. The van der Waals surface area contributed by atoms with Gasteiger partial charge in [-0.1, -0.05) is 50.6 Å². The summed E-state index contributed by atoms with van der Waals surface area (Å²) >= 11 is 0. The molecular weight excluding hydrogens is 252 g/mol. The lowest BCUT2D eigenvalue weighted by atomic mass is 9.92. The molecule has 0 bridgehead atoms. The molecule has 0 fully saturated rings. The Labute approximate surface area is 118 Å². The van der Waals surface area contributed by atoms with Crippen LogP contribution in [0.3, 0.4) is 0 Å². The summed E-state index contributed by atoms with van der Waals surface area (Å²) in [4.78, 5) is 19.1. The maximum atomic E-state index is 12.2. The minimum absolute atomic E-state index is 0.00619. The first-order valence-corrected chi connectivity index (χ1v) is 6.65. The first kappa shape index (κ1) is 14.3. The van der Waals surface area contributed by atoms with Crippen LogP contribution in [-0.4, -0.2) is 15.1 Å². The van der Waals surface area contributed by atoms with E-state index >= 15 is 0 Å². The summed E-state index contributed by atoms with van der Waals surface area (Å²) < 4.78 is 0. The molecule has 0 spiro atoms. The van der Waals surface area contributed by atoms with E-state index in [1.807, 2.05) is 31.2 Å². The third-order valence-corrected chi connectivity index (χ3v) is 2.99. The fourth-order valence-corrected chi connectivity index (χ4v) is 2.07. The maximum absolute atomic E-state index is 12.2. The average Bonchev–Trinajstić information content (AvgIpc) is 2.28. The molecule has 106 valence electrons. The zero-order valence-corrected chi connectivity index (χ0v) is 12.3. The van der Waals surface area contributed by atoms with Gasteiger partial charge < -0.3 is 10.1 Å². The van der Waals surface area contributed by atoms with Crippen LogP contribution < -0.4 is 5.56 Å². The van der Waals surface area contributed by atoms with Crippen LogP contribution in [0.2, 0.25) is 0 Å². The lowest BCUT2D eigenvalue weighted by molar-refractivity contribution is 0.392. The molecule has 4 heteroatoms. The van der Waals surface area contributed by atoms with Crippen molar-refractivity contribution in [1.29, 1.82) is 0 Å². The van der Waals surface area contributed by atoms with Crippen LogP contribution in [0, 0.1) is 12.3 Å². The summed E-state index contributed by atoms with van der Waals surface area (Å²) in [6, 6.07) is 7.42. The van der Waals surface area contributed by atoms with Crippen molar-refractivity contribution in [2.75, 3.05) is 0 Å². The van der Waals surface area contributed by atoms with Crippen molar-refractivity contribution in [1.82, 2.24) is 9.97 Å². The Kier molecular flexibility index (Phi) is 3.66. The topological polar surface area (TPSA) is 66.0 Å². The highest BCUT2D eigenvalue weighted by atomic mass is 16.3. The van der Waals surface area contributed by atoms with Crippen molar-refractivity contribution < 1.29 is 5.11 Å². The minimum Gasteiger partial charge on any atom is -0.493 e. The fourth-order valence-electron chi connectivity index (χ4n) is 2.07. The summed E-state index contributed by atoms with van der Waals surface area (Å²) in [5.41, 5.74) is 1.68. The zero-order chi connectivity index (χ0) is 14.9. The Hall–Kier alpha value is -2.10. The number of nitrogens with zero attached hydrogens (tertiary/aromatic N) is 1. The molecule has 0 aliphatic rings. The van der Waals surface area contributed by atoms with Crippen LogP contribution in [0.15, 0.2) is 29.1 Å². The Bertz CT molecular complexity index is 664. The number of rotatable bonds is 2. The van der Waals surface area contributed by atoms with Gasteiger partial charge in [-0.3, -0.25) is 4.79 Å². The van der Waals surface area contributed by atoms with Crippen LogP contribution in [0.1, 0.15) is 32.2 Å². The molecule has 0 amide bonds. The van der Waals surface area contributed by atoms with Gasteiger partial charge in [0.1, 0.15) is 11.4 Å². The Morgan fingerprint density at radius 2 is 1.80 bits per heavy atom. The highest BCUT2D eigenvalue weighted by Crippen LogP contribution is 2.25. The van der Waals surface area contributed by atoms with E-state index in [1.54, 1.807) is 0 Å². The smallest absolute Gasteiger partial charge is 0.262 e. The molecule has 0 aliphatic carbocycles. The number of benzene rings is 1. The second kappa shape index (κ2) is 5.12. The van der Waals surface area contributed by atoms with Gasteiger partial charge in [-0.15, -0.1) is 0 Å². The Morgan fingerprint density at radius 1 is 1.20 bits per heavy atom. The van der Waals surface area contributed by atoms with Crippen molar-refractivity contribution in [3.63, 3.8) is 0 Å². The van der Waals surface area contributed by atoms with Crippen LogP contribution in [0.25, 0.3) is 11.1 Å². The molecule has 1 aromatic heterocycles. The van der Waals surface area contributed by atoms with E-state index in [4.69, 9.17) is 0 Å². The predicted molar refractivity (Wildman–Crippen MR) is 79.9 cm³/mol. The zero-order valence-electron chi connectivity index (χ0n) is 12.3. The van der Waals surface area contributed by atoms with E-state index in [9.17, 15) is 9.90 Å². The molecule has 20 heavy (non-hydrogen) atoms. The largest absolute Gasteiger partial charge is 0.493 e. The number of H-pyrrole nitrogens is 1. The lowest BCUT2D eigenvalue weighted by Crippen LogP contribution is -2.18. The first-order valence-electron chi connectivity index (χ1n) is 6.65. The summed E-state index contributed by atoms with van der Waals surface area (Å²) in [5, 5.41) is 10.1. The predicted octanol–water partition coefficient (Wildman–Crippen LogP) is 3.04. The average molecular weight is 272 g/mol. The standard InChI is InChI=1S/C16H20N2O2/c1-10-5-7-11(8-6-10)13-14(19)17-12(18-15(13)20)9-16(2,3)4/h5-8H,9H2,1-4H3,(H2,17,18,19,20). The van der Waals surface area contributed by atoms with Crippen molar-refractivity contribution in [3.8, 4) is 17.0 Å². The molecule has 0 saturated heterocycles. The molecule has 4 nitrogen and oxygen atoms in total. The third-order valence-electron chi connectivity index (χ3n) is 2.99. The summed E-state index contributed by atoms with van der Waals surface area (Å²) in [6.45, 7) is 8.13. The monoisotopic (exact) mass is 272 g/mol. The van der Waals surface area contributed by atoms with Gasteiger partial charge in [0.15, 0.2) is 0 Å². The number of aromatic nitrogens is 2. The Balaban J connectivity index is 2.47. The van der Waals surface area contributed by atoms with Gasteiger partial charge >= 0.3 is 0 Å². The normalized spacial score (nSPS) is 11.6. The second-order valence-electron chi connectivity index (χ2n) is 6.31. The van der Waals surface area contributed by atoms with E-state index in [2.05, 4.69) is 30.7 Å². The molecule has 2 aromatic rings. The molecule has 0 aliphatic heterocycles. The summed E-state index contributed by atoms with van der Waals surface area (Å²) in [7, 11) is 0.